The van der Waals surface area contributed by atoms with Gasteiger partial charge in [-0.2, -0.15) is 0 Å². The van der Waals surface area contributed by atoms with Crippen LogP contribution >= 0.6 is 0 Å². The summed E-state index contributed by atoms with van der Waals surface area (Å²) < 4.78 is 0. The lowest BCUT2D eigenvalue weighted by atomic mass is 9.81. The SMILES string of the molecule is CC(=O)NCC1CCC(C(=O)NC(CC2CCCCC2)C(=O)N2CCC2C(=O)NC(Cc2ccc(O)cc2)C(=O)NC(CCCCNC(N)N)C(N)=O)CC1. The number of carbonyl (C=O) groups excluding carboxylic acids is 6. The zero-order valence-electron chi connectivity index (χ0n) is 32.2. The van der Waals surface area contributed by atoms with Gasteiger partial charge in [-0.3, -0.25) is 34.1 Å². The van der Waals surface area contributed by atoms with Crippen molar-refractivity contribution in [2.45, 2.75) is 134 Å². The van der Waals surface area contributed by atoms with Crippen molar-refractivity contribution in [1.29, 1.82) is 0 Å². The number of carbonyl (C=O) groups is 6. The molecular formula is C39H63N9O7. The summed E-state index contributed by atoms with van der Waals surface area (Å²) >= 11 is 0. The van der Waals surface area contributed by atoms with E-state index in [-0.39, 0.29) is 48.1 Å². The molecule has 1 heterocycles. The first-order valence-corrected chi connectivity index (χ1v) is 20.1. The number of aromatic hydroxyl groups is 1. The Morgan fingerprint density at radius 1 is 0.800 bits per heavy atom. The third-order valence-corrected chi connectivity index (χ3v) is 11.3. The molecule has 0 spiro atoms. The first-order valence-electron chi connectivity index (χ1n) is 20.1. The average molecular weight is 770 g/mol. The van der Waals surface area contributed by atoms with Gasteiger partial charge in [-0.05, 0) is 93.9 Å². The van der Waals surface area contributed by atoms with Gasteiger partial charge < -0.3 is 48.5 Å². The number of hydrogen-bond donors (Lipinski definition) is 9. The maximum atomic E-state index is 14.2. The monoisotopic (exact) mass is 769 g/mol. The molecule has 1 aliphatic heterocycles. The molecule has 3 fully saturated rings. The number of benzene rings is 1. The van der Waals surface area contributed by atoms with Crippen LogP contribution in [0.1, 0.15) is 102 Å². The molecule has 4 unspecified atom stereocenters. The summed E-state index contributed by atoms with van der Waals surface area (Å²) in [6.45, 7) is 2.94. The molecule has 1 aromatic rings. The maximum absolute atomic E-state index is 14.2. The Hall–Kier alpha value is -4.28. The molecule has 2 aliphatic carbocycles. The standard InChI is InChI=1S/C39H63N9O7/c1-24(49)44-23-27-10-14-28(15-11-27)35(52)47-32(22-25-7-3-2-4-8-25)38(55)48-20-18-33(48)37(54)46-31(21-26-12-16-29(50)17-13-26)36(53)45-30(34(40)51)9-5-6-19-43-39(41)42/h12-13,16-17,25,27-28,30-33,39,43,50H,2-11,14-15,18-23,41-42H2,1H3,(H2,40,51)(H,44,49)(H,45,53)(H,46,54)(H,47,52). The second kappa shape index (κ2) is 21.7. The topological polar surface area (TPSA) is 264 Å². The van der Waals surface area contributed by atoms with E-state index in [2.05, 4.69) is 26.6 Å². The summed E-state index contributed by atoms with van der Waals surface area (Å²) in [5, 5.41) is 24.2. The van der Waals surface area contributed by atoms with Gasteiger partial charge in [0.1, 0.15) is 36.2 Å². The molecule has 0 aromatic heterocycles. The number of phenols is 1. The Morgan fingerprint density at radius 3 is 2.07 bits per heavy atom. The van der Waals surface area contributed by atoms with Crippen LogP contribution in [-0.2, 0) is 35.2 Å². The lowest BCUT2D eigenvalue weighted by molar-refractivity contribution is -0.151. The van der Waals surface area contributed by atoms with Crippen molar-refractivity contribution in [3.8, 4) is 5.75 Å². The highest BCUT2D eigenvalue weighted by molar-refractivity contribution is 5.96. The van der Waals surface area contributed by atoms with E-state index in [1.165, 1.54) is 24.0 Å². The fraction of sp³-hybridized carbons (Fsp3) is 0.692. The first-order chi connectivity index (χ1) is 26.3. The second-order valence-electron chi connectivity index (χ2n) is 15.7. The van der Waals surface area contributed by atoms with Crippen LogP contribution in [0.15, 0.2) is 24.3 Å². The number of unbranched alkanes of at least 4 members (excludes halogenated alkanes) is 1. The number of likely N-dealkylation sites (tertiary alicyclic amines) is 1. The van der Waals surface area contributed by atoms with Crippen LogP contribution in [0.25, 0.3) is 0 Å². The zero-order chi connectivity index (χ0) is 39.9. The number of nitrogens with one attached hydrogen (secondary N) is 5. The van der Waals surface area contributed by atoms with Gasteiger partial charge in [0, 0.05) is 32.4 Å². The molecule has 16 heteroatoms. The largest absolute Gasteiger partial charge is 0.508 e. The van der Waals surface area contributed by atoms with Crippen molar-refractivity contribution in [1.82, 2.24) is 31.5 Å². The fourth-order valence-electron chi connectivity index (χ4n) is 7.95. The van der Waals surface area contributed by atoms with Crippen molar-refractivity contribution >= 4 is 35.4 Å². The van der Waals surface area contributed by atoms with Gasteiger partial charge in [0.2, 0.25) is 35.4 Å². The predicted octanol–water partition coefficient (Wildman–Crippen LogP) is 0.349. The van der Waals surface area contributed by atoms with Gasteiger partial charge in [0.25, 0.3) is 0 Å². The van der Waals surface area contributed by atoms with Crippen molar-refractivity contribution in [2.75, 3.05) is 19.6 Å². The third kappa shape index (κ3) is 14.1. The van der Waals surface area contributed by atoms with E-state index in [1.54, 1.807) is 12.1 Å². The van der Waals surface area contributed by atoms with Gasteiger partial charge >= 0.3 is 0 Å². The normalized spacial score (nSPS) is 21.7. The van der Waals surface area contributed by atoms with Crippen LogP contribution < -0.4 is 43.8 Å². The first kappa shape index (κ1) is 43.4. The van der Waals surface area contributed by atoms with Crippen LogP contribution in [0.4, 0.5) is 0 Å². The van der Waals surface area contributed by atoms with Crippen LogP contribution in [0, 0.1) is 17.8 Å². The number of amides is 6. The molecule has 0 bridgehead atoms. The summed E-state index contributed by atoms with van der Waals surface area (Å²) in [5.41, 5.74) is 17.3. The van der Waals surface area contributed by atoms with E-state index in [4.69, 9.17) is 17.2 Å². The molecule has 16 nitrogen and oxygen atoms in total. The van der Waals surface area contributed by atoms with Gasteiger partial charge in [-0.15, -0.1) is 0 Å². The Labute approximate surface area is 324 Å². The number of rotatable bonds is 20. The molecular weight excluding hydrogens is 706 g/mol. The Kier molecular flexibility index (Phi) is 17.2. The lowest BCUT2D eigenvalue weighted by Gasteiger charge is -2.43. The van der Waals surface area contributed by atoms with Crippen molar-refractivity contribution in [3.63, 3.8) is 0 Å². The van der Waals surface area contributed by atoms with Crippen LogP contribution in [0.3, 0.4) is 0 Å². The smallest absolute Gasteiger partial charge is 0.245 e. The number of nitrogens with two attached hydrogens (primary N) is 3. The molecule has 1 saturated heterocycles. The molecule has 0 radical (unpaired) electrons. The zero-order valence-corrected chi connectivity index (χ0v) is 32.2. The van der Waals surface area contributed by atoms with E-state index >= 15 is 0 Å². The highest BCUT2D eigenvalue weighted by Crippen LogP contribution is 2.31. The van der Waals surface area contributed by atoms with Crippen LogP contribution in [-0.4, -0.2) is 95.5 Å². The highest BCUT2D eigenvalue weighted by Gasteiger charge is 2.43. The lowest BCUT2D eigenvalue weighted by Crippen LogP contribution is -2.64. The summed E-state index contributed by atoms with van der Waals surface area (Å²) in [5.74, 6) is -1.94. The van der Waals surface area contributed by atoms with E-state index in [0.29, 0.717) is 69.6 Å². The fourth-order valence-corrected chi connectivity index (χ4v) is 7.95. The molecule has 4 atom stereocenters. The van der Waals surface area contributed by atoms with Gasteiger partial charge in [0.15, 0.2) is 0 Å². The molecule has 12 N–H and O–H groups in total. The predicted molar refractivity (Wildman–Crippen MR) is 206 cm³/mol. The summed E-state index contributed by atoms with van der Waals surface area (Å²) in [6.07, 6.45) is 9.96. The molecule has 4 rings (SSSR count). The van der Waals surface area contributed by atoms with Gasteiger partial charge in [-0.25, -0.2) is 0 Å². The molecule has 2 saturated carbocycles. The van der Waals surface area contributed by atoms with Crippen LogP contribution in [0.2, 0.25) is 0 Å². The van der Waals surface area contributed by atoms with Gasteiger partial charge in [0.05, 0.1) is 0 Å². The van der Waals surface area contributed by atoms with E-state index in [9.17, 15) is 33.9 Å². The van der Waals surface area contributed by atoms with E-state index < -0.39 is 48.2 Å². The minimum atomic E-state index is -1.12. The Balaban J connectivity index is 1.42. The van der Waals surface area contributed by atoms with Crippen molar-refractivity contribution in [2.24, 2.45) is 35.0 Å². The summed E-state index contributed by atoms with van der Waals surface area (Å²) in [4.78, 5) is 80.6. The summed E-state index contributed by atoms with van der Waals surface area (Å²) in [6, 6.07) is 2.50. The molecule has 3 aliphatic rings. The van der Waals surface area contributed by atoms with E-state index in [0.717, 1.165) is 44.9 Å². The Bertz CT molecular complexity index is 1450. The number of nitrogens with zero attached hydrogens (tertiary/aromatic N) is 1. The van der Waals surface area contributed by atoms with Crippen molar-refractivity contribution < 1.29 is 33.9 Å². The third-order valence-electron chi connectivity index (χ3n) is 11.3. The molecule has 55 heavy (non-hydrogen) atoms. The number of phenolic OH excluding ortho intramolecular Hbond substituents is 1. The van der Waals surface area contributed by atoms with E-state index in [1.807, 2.05) is 0 Å². The quantitative estimate of drug-likeness (QED) is 0.0649. The second-order valence-corrected chi connectivity index (χ2v) is 15.7. The highest BCUT2D eigenvalue weighted by atomic mass is 16.3. The average Bonchev–Trinajstić information content (AvgIpc) is 3.13. The van der Waals surface area contributed by atoms with Crippen molar-refractivity contribution in [3.05, 3.63) is 29.8 Å². The Morgan fingerprint density at radius 2 is 1.47 bits per heavy atom. The molecule has 6 amide bonds. The minimum absolute atomic E-state index is 0.0424. The minimum Gasteiger partial charge on any atom is -0.508 e. The number of hydrogen-bond acceptors (Lipinski definition) is 10. The molecule has 306 valence electrons. The number of primary amides is 1. The van der Waals surface area contributed by atoms with Gasteiger partial charge in [-0.1, -0.05) is 44.2 Å². The summed E-state index contributed by atoms with van der Waals surface area (Å²) in [7, 11) is 0. The maximum Gasteiger partial charge on any atom is 0.245 e. The van der Waals surface area contributed by atoms with Crippen LogP contribution in [0.5, 0.6) is 5.75 Å². The molecule has 1 aromatic carbocycles.